The molecule has 0 aromatic heterocycles. The molecule has 156 valence electrons. The molecule has 0 spiro atoms. The quantitative estimate of drug-likeness (QED) is 0.166. The molecule has 0 saturated carbocycles. The molecule has 4 nitrogen and oxygen atoms in total. The van der Waals surface area contributed by atoms with Crippen LogP contribution in [0.2, 0.25) is 0 Å². The molecule has 4 rings (SSSR count). The summed E-state index contributed by atoms with van der Waals surface area (Å²) in [6.07, 6.45) is 3.47. The van der Waals surface area contributed by atoms with Crippen molar-refractivity contribution in [1.82, 2.24) is 4.90 Å². The van der Waals surface area contributed by atoms with E-state index >= 15 is 0 Å². The Morgan fingerprint density at radius 1 is 1.03 bits per heavy atom. The number of amides is 2. The van der Waals surface area contributed by atoms with Gasteiger partial charge in [0, 0.05) is 0 Å². The first-order valence-corrected chi connectivity index (χ1v) is 12.4. The summed E-state index contributed by atoms with van der Waals surface area (Å²) >= 11 is 5.40. The molecule has 1 aliphatic rings. The van der Waals surface area contributed by atoms with E-state index in [2.05, 4.69) is 51.8 Å². The number of hydrogen-bond acceptors (Lipinski definition) is 4. The molecule has 0 N–H and O–H groups in total. The maximum absolute atomic E-state index is 13.0. The number of hydrogen-bond donors (Lipinski definition) is 0. The van der Waals surface area contributed by atoms with Crippen LogP contribution in [0.4, 0.5) is 4.79 Å². The lowest BCUT2D eigenvalue weighted by Gasteiger charge is -2.14. The highest BCUT2D eigenvalue weighted by Gasteiger charge is 2.35. The van der Waals surface area contributed by atoms with E-state index < -0.39 is 0 Å². The number of carbonyl (C=O) groups is 2. The first-order chi connectivity index (χ1) is 15.0. The summed E-state index contributed by atoms with van der Waals surface area (Å²) in [6, 6.07) is 17.8. The molecule has 3 aromatic rings. The third-order valence-electron chi connectivity index (χ3n) is 4.75. The number of imide groups is 1. The van der Waals surface area contributed by atoms with Gasteiger partial charge in [-0.25, -0.2) is 0 Å². The van der Waals surface area contributed by atoms with E-state index in [1.807, 2.05) is 54.6 Å². The molecular formula is C24H17I2NO3S. The van der Waals surface area contributed by atoms with Crippen molar-refractivity contribution in [2.45, 2.75) is 6.54 Å². The summed E-state index contributed by atoms with van der Waals surface area (Å²) in [5.74, 6) is 0.530. The van der Waals surface area contributed by atoms with Gasteiger partial charge in [0.05, 0.1) is 18.6 Å². The highest BCUT2D eigenvalue weighted by molar-refractivity contribution is 14.1. The van der Waals surface area contributed by atoms with Crippen LogP contribution < -0.4 is 4.74 Å². The number of benzene rings is 3. The van der Waals surface area contributed by atoms with Crippen molar-refractivity contribution < 1.29 is 14.3 Å². The number of thioether (sulfide) groups is 1. The molecule has 31 heavy (non-hydrogen) atoms. The summed E-state index contributed by atoms with van der Waals surface area (Å²) in [5, 5.41) is 1.89. The van der Waals surface area contributed by atoms with Crippen LogP contribution in [0, 0.1) is 7.14 Å². The van der Waals surface area contributed by atoms with E-state index in [9.17, 15) is 9.59 Å². The van der Waals surface area contributed by atoms with Crippen molar-refractivity contribution in [2.24, 2.45) is 0 Å². The normalized spacial score (nSPS) is 15.2. The second-order valence-electron chi connectivity index (χ2n) is 6.82. The Kier molecular flexibility index (Phi) is 7.02. The van der Waals surface area contributed by atoms with Gasteiger partial charge in [0.15, 0.2) is 0 Å². The zero-order valence-corrected chi connectivity index (χ0v) is 21.4. The Morgan fingerprint density at radius 3 is 2.48 bits per heavy atom. The third-order valence-corrected chi connectivity index (χ3v) is 7.26. The highest BCUT2D eigenvalue weighted by Crippen LogP contribution is 2.36. The second-order valence-corrected chi connectivity index (χ2v) is 10.1. The second kappa shape index (κ2) is 9.74. The van der Waals surface area contributed by atoms with E-state index in [-0.39, 0.29) is 17.7 Å². The van der Waals surface area contributed by atoms with Gasteiger partial charge in [-0.05, 0) is 97.1 Å². The minimum Gasteiger partial charge on any atom is -0.487 e. The minimum absolute atomic E-state index is 0.250. The molecule has 0 radical (unpaired) electrons. The van der Waals surface area contributed by atoms with Crippen molar-refractivity contribution in [3.63, 3.8) is 0 Å². The number of carbonyl (C=O) groups excluding carboxylic acids is 2. The average molecular weight is 653 g/mol. The van der Waals surface area contributed by atoms with Crippen LogP contribution >= 0.6 is 56.9 Å². The average Bonchev–Trinajstić information content (AvgIpc) is 3.01. The fourth-order valence-electron chi connectivity index (χ4n) is 3.33. The van der Waals surface area contributed by atoms with E-state index in [4.69, 9.17) is 4.74 Å². The van der Waals surface area contributed by atoms with Crippen molar-refractivity contribution in [1.29, 1.82) is 0 Å². The molecule has 1 heterocycles. The lowest BCUT2D eigenvalue weighted by molar-refractivity contribution is -0.123. The van der Waals surface area contributed by atoms with Gasteiger partial charge in [0.25, 0.3) is 11.1 Å². The van der Waals surface area contributed by atoms with Crippen LogP contribution in [0.1, 0.15) is 11.1 Å². The summed E-state index contributed by atoms with van der Waals surface area (Å²) < 4.78 is 7.59. The third kappa shape index (κ3) is 4.83. The molecule has 0 bridgehead atoms. The van der Waals surface area contributed by atoms with Gasteiger partial charge in [-0.15, -0.1) is 0 Å². The molecule has 1 fully saturated rings. The van der Waals surface area contributed by atoms with Crippen LogP contribution in [0.5, 0.6) is 5.75 Å². The first-order valence-electron chi connectivity index (χ1n) is 9.42. The Hall–Kier alpha value is -1.85. The lowest BCUT2D eigenvalue weighted by Crippen LogP contribution is -2.27. The zero-order valence-electron chi connectivity index (χ0n) is 16.3. The van der Waals surface area contributed by atoms with E-state index in [1.54, 1.807) is 12.2 Å². The topological polar surface area (TPSA) is 46.6 Å². The molecule has 0 aliphatic carbocycles. The van der Waals surface area contributed by atoms with Crippen molar-refractivity contribution in [3.8, 4) is 5.75 Å². The predicted octanol–water partition coefficient (Wildman–Crippen LogP) is 6.85. The van der Waals surface area contributed by atoms with Gasteiger partial charge in [0.2, 0.25) is 0 Å². The SMILES string of the molecule is C=CCOc1c(I)cc(/C=C2/SC(=O)N(Cc3cccc4ccccc34)C2=O)cc1I. The fraction of sp³-hybridized carbons (Fsp3) is 0.0833. The molecule has 1 saturated heterocycles. The van der Waals surface area contributed by atoms with Gasteiger partial charge in [-0.2, -0.15) is 0 Å². The standard InChI is InChI=1S/C24H17I2NO3S/c1-2-10-30-22-19(25)11-15(12-20(22)26)13-21-23(28)27(24(29)31-21)14-17-8-5-7-16-6-3-4-9-18(16)17/h2-9,11-13H,1,10,14H2/b21-13+. The van der Waals surface area contributed by atoms with Crippen LogP contribution in [0.3, 0.4) is 0 Å². The maximum atomic E-state index is 13.0. The van der Waals surface area contributed by atoms with E-state index in [0.717, 1.165) is 46.6 Å². The van der Waals surface area contributed by atoms with Gasteiger partial charge < -0.3 is 4.74 Å². The Bertz CT molecular complexity index is 1210. The molecule has 3 aromatic carbocycles. The van der Waals surface area contributed by atoms with Crippen molar-refractivity contribution >= 4 is 84.9 Å². The van der Waals surface area contributed by atoms with Gasteiger partial charge in [-0.1, -0.05) is 55.1 Å². The zero-order chi connectivity index (χ0) is 22.0. The summed E-state index contributed by atoms with van der Waals surface area (Å²) in [5.41, 5.74) is 1.81. The Labute approximate surface area is 212 Å². The van der Waals surface area contributed by atoms with Crippen LogP contribution in [-0.4, -0.2) is 22.7 Å². The molecule has 7 heteroatoms. The Morgan fingerprint density at radius 2 is 1.74 bits per heavy atom. The lowest BCUT2D eigenvalue weighted by atomic mass is 10.0. The Balaban J connectivity index is 1.59. The monoisotopic (exact) mass is 653 g/mol. The number of ether oxygens (including phenoxy) is 1. The van der Waals surface area contributed by atoms with Crippen LogP contribution in [0.15, 0.2) is 72.2 Å². The van der Waals surface area contributed by atoms with Gasteiger partial charge in [0.1, 0.15) is 12.4 Å². The number of nitrogens with zero attached hydrogens (tertiary/aromatic N) is 1. The molecule has 1 aliphatic heterocycles. The van der Waals surface area contributed by atoms with Gasteiger partial charge >= 0.3 is 0 Å². The van der Waals surface area contributed by atoms with Gasteiger partial charge in [-0.3, -0.25) is 14.5 Å². The number of rotatable bonds is 6. The van der Waals surface area contributed by atoms with Crippen LogP contribution in [-0.2, 0) is 11.3 Å². The fourth-order valence-corrected chi connectivity index (χ4v) is 6.30. The van der Waals surface area contributed by atoms with E-state index in [1.165, 1.54) is 4.90 Å². The number of halogens is 2. The smallest absolute Gasteiger partial charge is 0.293 e. The minimum atomic E-state index is -0.264. The molecule has 0 unspecified atom stereocenters. The number of fused-ring (bicyclic) bond motifs is 1. The molecule has 0 atom stereocenters. The summed E-state index contributed by atoms with van der Waals surface area (Å²) in [7, 11) is 0. The van der Waals surface area contributed by atoms with Crippen molar-refractivity contribution in [3.05, 3.63) is 90.4 Å². The molecular weight excluding hydrogens is 636 g/mol. The van der Waals surface area contributed by atoms with Crippen molar-refractivity contribution in [2.75, 3.05) is 6.61 Å². The maximum Gasteiger partial charge on any atom is 0.293 e. The summed E-state index contributed by atoms with van der Waals surface area (Å²) in [4.78, 5) is 27.4. The molecule has 2 amide bonds. The highest BCUT2D eigenvalue weighted by atomic mass is 127. The predicted molar refractivity (Wildman–Crippen MR) is 143 cm³/mol. The van der Waals surface area contributed by atoms with Crippen LogP contribution in [0.25, 0.3) is 16.8 Å². The largest absolute Gasteiger partial charge is 0.487 e. The first kappa shape index (κ1) is 22.3. The summed E-state index contributed by atoms with van der Waals surface area (Å²) in [6.45, 7) is 4.36. The van der Waals surface area contributed by atoms with E-state index in [0.29, 0.717) is 11.5 Å².